The molecule has 1 fully saturated rings. The second-order valence-electron chi connectivity index (χ2n) is 11.7. The molecule has 47 heavy (non-hydrogen) atoms. The standard InChI is InChI=1S/C35H37F3N4O4S/c1-22-14-26(18-27(15-22)34(45)42-13-7-12-30(42)33-40-23(2)21-47-33)32(44)41-29(17-24-8-4-3-5-9-24)31(43)20-39-19-25-10-6-11-28(16-25)46-35(36,37)38/h3-6,8-11,14-16,18,21,29-31,39,43H,7,12-13,17,19-20H2,1-2H3,(H,41,44)/t29-,30?,31+/m0/s1. The van der Waals surface area contributed by atoms with Crippen LogP contribution < -0.4 is 15.4 Å². The molecular formula is C35H37F3N4O4S. The van der Waals surface area contributed by atoms with E-state index in [1.807, 2.05) is 54.5 Å². The van der Waals surface area contributed by atoms with Crippen LogP contribution in [0.4, 0.5) is 13.2 Å². The Labute approximate surface area is 275 Å². The maximum absolute atomic E-state index is 13.7. The number of alkyl halides is 3. The first-order valence-electron chi connectivity index (χ1n) is 15.4. The smallest absolute Gasteiger partial charge is 0.406 e. The van der Waals surface area contributed by atoms with Crippen molar-refractivity contribution in [3.8, 4) is 5.75 Å². The Kier molecular flexibility index (Phi) is 10.9. The van der Waals surface area contributed by atoms with Crippen molar-refractivity contribution in [2.24, 2.45) is 0 Å². The normalized spacial score (nSPS) is 16.1. The lowest BCUT2D eigenvalue weighted by molar-refractivity contribution is -0.274. The molecule has 2 heterocycles. The minimum absolute atomic E-state index is 0.0479. The van der Waals surface area contributed by atoms with E-state index in [9.17, 15) is 27.9 Å². The SMILES string of the molecule is Cc1cc(C(=O)N[C@@H](Cc2ccccc2)[C@H](O)CNCc2cccc(OC(F)(F)F)c2)cc(C(=O)N2CCCC2c2nc(C)cs2)c1. The zero-order chi connectivity index (χ0) is 33.6. The highest BCUT2D eigenvalue weighted by atomic mass is 32.1. The first-order valence-corrected chi connectivity index (χ1v) is 16.3. The Bertz CT molecular complexity index is 1680. The first kappa shape index (κ1) is 34.1. The van der Waals surface area contributed by atoms with Crippen LogP contribution in [-0.2, 0) is 13.0 Å². The van der Waals surface area contributed by atoms with Gasteiger partial charge in [0.2, 0.25) is 0 Å². The third kappa shape index (κ3) is 9.40. The number of aliphatic hydroxyl groups excluding tert-OH is 1. The number of hydrogen-bond donors (Lipinski definition) is 3. The fraction of sp³-hybridized carbons (Fsp3) is 0.343. The molecule has 12 heteroatoms. The summed E-state index contributed by atoms with van der Waals surface area (Å²) in [6, 6.07) is 19.2. The Morgan fingerprint density at radius 1 is 1.04 bits per heavy atom. The van der Waals surface area contributed by atoms with Gasteiger partial charge < -0.3 is 25.4 Å². The second-order valence-corrected chi connectivity index (χ2v) is 12.6. The largest absolute Gasteiger partial charge is 0.573 e. The minimum atomic E-state index is -4.80. The molecule has 3 aromatic carbocycles. The third-order valence-corrected chi connectivity index (χ3v) is 8.98. The van der Waals surface area contributed by atoms with E-state index in [0.29, 0.717) is 29.7 Å². The Hall–Kier alpha value is -4.26. The summed E-state index contributed by atoms with van der Waals surface area (Å²) in [6.45, 7) is 4.58. The summed E-state index contributed by atoms with van der Waals surface area (Å²) in [7, 11) is 0. The van der Waals surface area contributed by atoms with Gasteiger partial charge in [0, 0.05) is 41.8 Å². The van der Waals surface area contributed by atoms with E-state index in [1.54, 1.807) is 35.6 Å². The molecule has 5 rings (SSSR count). The summed E-state index contributed by atoms with van der Waals surface area (Å²) in [5, 5.41) is 20.1. The van der Waals surface area contributed by atoms with Crippen LogP contribution >= 0.6 is 11.3 Å². The molecule has 0 radical (unpaired) electrons. The molecule has 1 aromatic heterocycles. The Morgan fingerprint density at radius 2 is 1.79 bits per heavy atom. The van der Waals surface area contributed by atoms with E-state index < -0.39 is 24.4 Å². The van der Waals surface area contributed by atoms with Crippen molar-refractivity contribution in [1.82, 2.24) is 20.5 Å². The summed E-state index contributed by atoms with van der Waals surface area (Å²) in [4.78, 5) is 33.8. The number of nitrogens with zero attached hydrogens (tertiary/aromatic N) is 2. The molecule has 1 saturated heterocycles. The molecule has 1 aliphatic rings. The van der Waals surface area contributed by atoms with Gasteiger partial charge in [-0.3, -0.25) is 9.59 Å². The van der Waals surface area contributed by atoms with Gasteiger partial charge in [0.25, 0.3) is 11.8 Å². The zero-order valence-electron chi connectivity index (χ0n) is 26.1. The van der Waals surface area contributed by atoms with Gasteiger partial charge in [-0.2, -0.15) is 0 Å². The number of likely N-dealkylation sites (tertiary alicyclic amines) is 1. The fourth-order valence-electron chi connectivity index (χ4n) is 5.76. The predicted molar refractivity (Wildman–Crippen MR) is 173 cm³/mol. The molecule has 1 unspecified atom stereocenters. The molecule has 0 spiro atoms. The Morgan fingerprint density at radius 3 is 2.51 bits per heavy atom. The number of benzene rings is 3. The number of aliphatic hydroxyl groups is 1. The van der Waals surface area contributed by atoms with Crippen molar-refractivity contribution in [1.29, 1.82) is 0 Å². The van der Waals surface area contributed by atoms with Crippen molar-refractivity contribution in [2.75, 3.05) is 13.1 Å². The van der Waals surface area contributed by atoms with Crippen molar-refractivity contribution >= 4 is 23.2 Å². The number of carbonyl (C=O) groups excluding carboxylic acids is 2. The molecule has 2 amide bonds. The van der Waals surface area contributed by atoms with Gasteiger partial charge in [0.15, 0.2) is 0 Å². The highest BCUT2D eigenvalue weighted by molar-refractivity contribution is 7.09. The molecule has 0 bridgehead atoms. The van der Waals surface area contributed by atoms with Gasteiger partial charge in [-0.25, -0.2) is 4.98 Å². The van der Waals surface area contributed by atoms with Crippen molar-refractivity contribution < 1.29 is 32.6 Å². The number of nitrogens with one attached hydrogen (secondary N) is 2. The van der Waals surface area contributed by atoms with Crippen molar-refractivity contribution in [3.05, 3.63) is 117 Å². The summed E-state index contributed by atoms with van der Waals surface area (Å²) in [5.74, 6) is -0.928. The van der Waals surface area contributed by atoms with E-state index >= 15 is 0 Å². The maximum atomic E-state index is 13.7. The molecule has 3 N–H and O–H groups in total. The lowest BCUT2D eigenvalue weighted by Gasteiger charge is -2.26. The van der Waals surface area contributed by atoms with Crippen LogP contribution in [0, 0.1) is 13.8 Å². The van der Waals surface area contributed by atoms with Gasteiger partial charge in [-0.15, -0.1) is 24.5 Å². The summed E-state index contributed by atoms with van der Waals surface area (Å²) in [6.07, 6.45) is -3.82. The van der Waals surface area contributed by atoms with Crippen LogP contribution in [0.25, 0.3) is 0 Å². The van der Waals surface area contributed by atoms with Crippen LogP contribution in [0.2, 0.25) is 0 Å². The van der Waals surface area contributed by atoms with Crippen LogP contribution in [0.1, 0.15) is 67.0 Å². The minimum Gasteiger partial charge on any atom is -0.406 e. The maximum Gasteiger partial charge on any atom is 0.573 e. The predicted octanol–water partition coefficient (Wildman–Crippen LogP) is 6.13. The number of aryl methyl sites for hydroxylation is 2. The van der Waals surface area contributed by atoms with Gasteiger partial charge in [-0.1, -0.05) is 42.5 Å². The molecule has 4 aromatic rings. The number of aromatic nitrogens is 1. The number of hydrogen-bond acceptors (Lipinski definition) is 7. The van der Waals surface area contributed by atoms with E-state index in [0.717, 1.165) is 34.7 Å². The number of rotatable bonds is 12. The van der Waals surface area contributed by atoms with Gasteiger partial charge in [0.1, 0.15) is 10.8 Å². The van der Waals surface area contributed by atoms with Crippen molar-refractivity contribution in [3.63, 3.8) is 0 Å². The van der Waals surface area contributed by atoms with Crippen LogP contribution in [-0.4, -0.2) is 58.4 Å². The molecule has 8 nitrogen and oxygen atoms in total. The van der Waals surface area contributed by atoms with Gasteiger partial charge in [-0.05, 0) is 80.1 Å². The lowest BCUT2D eigenvalue weighted by Crippen LogP contribution is -2.48. The number of amides is 2. The summed E-state index contributed by atoms with van der Waals surface area (Å²) >= 11 is 1.55. The zero-order valence-corrected chi connectivity index (χ0v) is 26.9. The van der Waals surface area contributed by atoms with E-state index in [4.69, 9.17) is 0 Å². The van der Waals surface area contributed by atoms with Crippen LogP contribution in [0.3, 0.4) is 0 Å². The highest BCUT2D eigenvalue weighted by Crippen LogP contribution is 2.35. The first-order chi connectivity index (χ1) is 22.4. The number of ether oxygens (including phenoxy) is 1. The summed E-state index contributed by atoms with van der Waals surface area (Å²) < 4.78 is 41.9. The molecular weight excluding hydrogens is 629 g/mol. The van der Waals surface area contributed by atoms with Gasteiger partial charge >= 0.3 is 6.36 Å². The van der Waals surface area contributed by atoms with Crippen LogP contribution in [0.15, 0.2) is 78.2 Å². The fourth-order valence-corrected chi connectivity index (χ4v) is 6.70. The molecule has 248 valence electrons. The van der Waals surface area contributed by atoms with Crippen LogP contribution in [0.5, 0.6) is 5.75 Å². The molecule has 1 aliphatic heterocycles. The molecule has 0 aliphatic carbocycles. The number of carbonyl (C=O) groups is 2. The van der Waals surface area contributed by atoms with E-state index in [1.165, 1.54) is 18.2 Å². The monoisotopic (exact) mass is 666 g/mol. The molecule has 0 saturated carbocycles. The number of halogens is 3. The Balaban J connectivity index is 1.28. The average Bonchev–Trinajstić information content (AvgIpc) is 3.69. The number of thiazole rings is 1. The highest BCUT2D eigenvalue weighted by Gasteiger charge is 2.33. The average molecular weight is 667 g/mol. The molecule has 3 atom stereocenters. The quantitative estimate of drug-likeness (QED) is 0.168. The van der Waals surface area contributed by atoms with Crippen molar-refractivity contribution in [2.45, 2.75) is 64.2 Å². The van der Waals surface area contributed by atoms with Gasteiger partial charge in [0.05, 0.1) is 18.2 Å². The van der Waals surface area contributed by atoms with E-state index in [2.05, 4.69) is 20.4 Å². The topological polar surface area (TPSA) is 104 Å². The lowest BCUT2D eigenvalue weighted by atomic mass is 9.99. The second kappa shape index (κ2) is 15.1. The third-order valence-electron chi connectivity index (χ3n) is 7.92. The summed E-state index contributed by atoms with van der Waals surface area (Å²) in [5.41, 5.74) is 3.81. The van der Waals surface area contributed by atoms with E-state index in [-0.39, 0.29) is 30.8 Å².